The number of rotatable bonds is 10. The van der Waals surface area contributed by atoms with Crippen molar-refractivity contribution in [1.82, 2.24) is 4.90 Å². The van der Waals surface area contributed by atoms with Gasteiger partial charge in [0.1, 0.15) is 11.4 Å². The second-order valence-corrected chi connectivity index (χ2v) is 7.61. The molecule has 3 rings (SSSR count). The Balaban J connectivity index is 2.18. The van der Waals surface area contributed by atoms with E-state index in [0.29, 0.717) is 54.6 Å². The van der Waals surface area contributed by atoms with Crippen molar-refractivity contribution in [2.75, 3.05) is 52.5 Å². The van der Waals surface area contributed by atoms with E-state index in [2.05, 4.69) is 0 Å². The largest absolute Gasteiger partial charge is 0.496 e. The van der Waals surface area contributed by atoms with E-state index in [1.807, 2.05) is 43.0 Å². The highest BCUT2D eigenvalue weighted by Crippen LogP contribution is 2.38. The summed E-state index contributed by atoms with van der Waals surface area (Å²) in [5, 5.41) is 0. The molecular weight excluding hydrogens is 408 g/mol. The highest BCUT2D eigenvalue weighted by molar-refractivity contribution is 6.45. The van der Waals surface area contributed by atoms with Crippen LogP contribution >= 0.6 is 0 Å². The number of amides is 2. The van der Waals surface area contributed by atoms with Crippen LogP contribution in [0, 0.1) is 13.8 Å². The van der Waals surface area contributed by atoms with Gasteiger partial charge in [-0.1, -0.05) is 24.3 Å². The zero-order valence-corrected chi connectivity index (χ0v) is 19.3. The zero-order valence-electron chi connectivity index (χ0n) is 19.3. The van der Waals surface area contributed by atoms with E-state index in [4.69, 9.17) is 14.2 Å². The maximum Gasteiger partial charge on any atom is 0.282 e. The third-order valence-corrected chi connectivity index (χ3v) is 5.63. The summed E-state index contributed by atoms with van der Waals surface area (Å²) in [6.45, 7) is 5.63. The molecule has 0 saturated carbocycles. The van der Waals surface area contributed by atoms with Crippen molar-refractivity contribution in [3.63, 3.8) is 0 Å². The Kier molecular flexibility index (Phi) is 7.66. The molecule has 32 heavy (non-hydrogen) atoms. The first kappa shape index (κ1) is 23.5. The van der Waals surface area contributed by atoms with Crippen molar-refractivity contribution in [2.24, 2.45) is 0 Å². The molecule has 0 aromatic heterocycles. The van der Waals surface area contributed by atoms with E-state index in [9.17, 15) is 9.59 Å². The van der Waals surface area contributed by atoms with E-state index in [-0.39, 0.29) is 11.8 Å². The van der Waals surface area contributed by atoms with Crippen LogP contribution in [-0.2, 0) is 19.1 Å². The molecule has 1 aliphatic rings. The Morgan fingerprint density at radius 1 is 0.844 bits per heavy atom. The van der Waals surface area contributed by atoms with Crippen LogP contribution in [0.15, 0.2) is 48.2 Å². The number of hydrogen-bond donors (Lipinski definition) is 0. The number of imide groups is 1. The second-order valence-electron chi connectivity index (χ2n) is 7.61. The van der Waals surface area contributed by atoms with Gasteiger partial charge in [0, 0.05) is 32.9 Å². The van der Waals surface area contributed by atoms with Gasteiger partial charge in [-0.15, -0.1) is 0 Å². The molecule has 0 bridgehead atoms. The summed E-state index contributed by atoms with van der Waals surface area (Å²) in [4.78, 5) is 30.6. The highest BCUT2D eigenvalue weighted by Gasteiger charge is 2.43. The lowest BCUT2D eigenvalue weighted by molar-refractivity contribution is -0.120. The Morgan fingerprint density at radius 3 is 2.09 bits per heavy atom. The van der Waals surface area contributed by atoms with Crippen molar-refractivity contribution in [3.8, 4) is 5.75 Å². The van der Waals surface area contributed by atoms with E-state index >= 15 is 0 Å². The number of benzene rings is 2. The lowest BCUT2D eigenvalue weighted by Crippen LogP contribution is -2.37. The Labute approximate surface area is 189 Å². The minimum atomic E-state index is -0.377. The minimum absolute atomic E-state index is 0.317. The first-order valence-corrected chi connectivity index (χ1v) is 10.5. The fourth-order valence-corrected chi connectivity index (χ4v) is 3.74. The quantitative estimate of drug-likeness (QED) is 0.531. The fraction of sp³-hybridized carbons (Fsp3) is 0.360. The van der Waals surface area contributed by atoms with Gasteiger partial charge in [0.2, 0.25) is 0 Å². The lowest BCUT2D eigenvalue weighted by Gasteiger charge is -2.26. The SMILES string of the molecule is COCCN(CCOC)C1=C(c2ccccc2OC)C(=O)N(c2ccc(C)c(C)c2)C1=O. The van der Waals surface area contributed by atoms with E-state index < -0.39 is 0 Å². The maximum atomic E-state index is 13.7. The van der Waals surface area contributed by atoms with Crippen LogP contribution in [-0.4, -0.2) is 64.3 Å². The summed E-state index contributed by atoms with van der Waals surface area (Å²) in [5.74, 6) is -0.217. The molecule has 0 spiro atoms. The van der Waals surface area contributed by atoms with Crippen LogP contribution in [0.3, 0.4) is 0 Å². The van der Waals surface area contributed by atoms with Crippen LogP contribution in [0.2, 0.25) is 0 Å². The van der Waals surface area contributed by atoms with Crippen molar-refractivity contribution in [1.29, 1.82) is 0 Å². The number of methoxy groups -OCH3 is 3. The predicted molar refractivity (Wildman–Crippen MR) is 124 cm³/mol. The number of hydrogen-bond acceptors (Lipinski definition) is 6. The molecule has 0 aliphatic carbocycles. The molecule has 2 aromatic rings. The average molecular weight is 439 g/mol. The van der Waals surface area contributed by atoms with Gasteiger partial charge < -0.3 is 19.1 Å². The topological polar surface area (TPSA) is 68.3 Å². The molecule has 2 aromatic carbocycles. The Bertz CT molecular complexity index is 1020. The minimum Gasteiger partial charge on any atom is -0.496 e. The van der Waals surface area contributed by atoms with Crippen LogP contribution in [0.4, 0.5) is 5.69 Å². The number of carbonyl (C=O) groups is 2. The maximum absolute atomic E-state index is 13.7. The molecule has 1 aliphatic heterocycles. The third kappa shape index (κ3) is 4.54. The third-order valence-electron chi connectivity index (χ3n) is 5.63. The van der Waals surface area contributed by atoms with E-state index in [1.165, 1.54) is 4.90 Å². The lowest BCUT2D eigenvalue weighted by atomic mass is 10.0. The number of anilines is 1. The fourth-order valence-electron chi connectivity index (χ4n) is 3.74. The first-order valence-electron chi connectivity index (χ1n) is 10.5. The zero-order chi connectivity index (χ0) is 23.3. The molecule has 7 nitrogen and oxygen atoms in total. The molecule has 2 amide bonds. The molecule has 0 radical (unpaired) electrons. The number of ether oxygens (including phenoxy) is 3. The van der Waals surface area contributed by atoms with Crippen LogP contribution in [0.5, 0.6) is 5.75 Å². The van der Waals surface area contributed by atoms with Gasteiger partial charge in [-0.25, -0.2) is 4.90 Å². The molecule has 1 heterocycles. The highest BCUT2D eigenvalue weighted by atomic mass is 16.5. The number of carbonyl (C=O) groups excluding carboxylic acids is 2. The molecule has 170 valence electrons. The van der Waals surface area contributed by atoms with Crippen molar-refractivity contribution in [3.05, 3.63) is 64.9 Å². The van der Waals surface area contributed by atoms with Crippen molar-refractivity contribution in [2.45, 2.75) is 13.8 Å². The van der Waals surface area contributed by atoms with Gasteiger partial charge >= 0.3 is 0 Å². The summed E-state index contributed by atoms with van der Waals surface area (Å²) in [6.07, 6.45) is 0. The average Bonchev–Trinajstić information content (AvgIpc) is 3.05. The molecule has 0 N–H and O–H groups in total. The number of nitrogens with zero attached hydrogens (tertiary/aromatic N) is 2. The molecule has 7 heteroatoms. The molecule has 0 atom stereocenters. The normalized spacial score (nSPS) is 13.8. The standard InChI is InChI=1S/C25H30N2O5/c1-17-10-11-19(16-18(17)2)27-24(28)22(20-8-6-7-9-21(20)32-5)23(25(27)29)26(12-14-30-3)13-15-31-4/h6-11,16H,12-15H2,1-5H3. The number of aryl methyl sites for hydroxylation is 2. The van der Waals surface area contributed by atoms with Crippen molar-refractivity contribution < 1.29 is 23.8 Å². The van der Waals surface area contributed by atoms with Crippen LogP contribution < -0.4 is 9.64 Å². The van der Waals surface area contributed by atoms with Crippen molar-refractivity contribution >= 4 is 23.1 Å². The van der Waals surface area contributed by atoms with Crippen LogP contribution in [0.25, 0.3) is 5.57 Å². The van der Waals surface area contributed by atoms with E-state index in [1.54, 1.807) is 39.5 Å². The van der Waals surface area contributed by atoms with Crippen LogP contribution in [0.1, 0.15) is 16.7 Å². The summed E-state index contributed by atoms with van der Waals surface area (Å²) in [7, 11) is 4.76. The first-order chi connectivity index (χ1) is 15.4. The molecule has 0 fully saturated rings. The van der Waals surface area contributed by atoms with Gasteiger partial charge in [-0.2, -0.15) is 0 Å². The van der Waals surface area contributed by atoms with Gasteiger partial charge in [0.25, 0.3) is 11.8 Å². The summed E-state index contributed by atoms with van der Waals surface area (Å²) in [5.41, 5.74) is 3.86. The summed E-state index contributed by atoms with van der Waals surface area (Å²) in [6, 6.07) is 12.8. The van der Waals surface area contributed by atoms with Gasteiger partial charge in [0.05, 0.1) is 31.6 Å². The summed E-state index contributed by atoms with van der Waals surface area (Å²) < 4.78 is 16.0. The predicted octanol–water partition coefficient (Wildman–Crippen LogP) is 3.19. The molecular formula is C25H30N2O5. The Hall–Kier alpha value is -3.16. The molecule has 0 saturated heterocycles. The van der Waals surface area contributed by atoms with E-state index in [0.717, 1.165) is 11.1 Å². The molecule has 0 unspecified atom stereocenters. The van der Waals surface area contributed by atoms with Gasteiger partial charge in [0.15, 0.2) is 0 Å². The Morgan fingerprint density at radius 2 is 1.50 bits per heavy atom. The van der Waals surface area contributed by atoms with Gasteiger partial charge in [-0.3, -0.25) is 9.59 Å². The van der Waals surface area contributed by atoms with Gasteiger partial charge in [-0.05, 0) is 43.2 Å². The smallest absolute Gasteiger partial charge is 0.282 e. The summed E-state index contributed by atoms with van der Waals surface area (Å²) >= 11 is 0. The second kappa shape index (κ2) is 10.4. The monoisotopic (exact) mass is 438 g/mol. The number of para-hydroxylation sites is 1.